The summed E-state index contributed by atoms with van der Waals surface area (Å²) >= 11 is 1.53. The Balaban J connectivity index is 1.34. The average molecular weight is 457 g/mol. The Kier molecular flexibility index (Phi) is 6.62. The van der Waals surface area contributed by atoms with Gasteiger partial charge in [0.2, 0.25) is 5.91 Å². The van der Waals surface area contributed by atoms with Crippen LogP contribution in [0.3, 0.4) is 0 Å². The van der Waals surface area contributed by atoms with Crippen molar-refractivity contribution in [1.29, 1.82) is 0 Å². The van der Waals surface area contributed by atoms with Gasteiger partial charge in [-0.05, 0) is 65.5 Å². The molecule has 2 aliphatic heterocycles. The lowest BCUT2D eigenvalue weighted by Gasteiger charge is -2.39. The predicted octanol–water partition coefficient (Wildman–Crippen LogP) is 3.71. The van der Waals surface area contributed by atoms with Gasteiger partial charge in [-0.25, -0.2) is 4.98 Å². The first-order valence-electron chi connectivity index (χ1n) is 11.4. The molecule has 0 unspecified atom stereocenters. The van der Waals surface area contributed by atoms with Gasteiger partial charge in [-0.15, -0.1) is 11.3 Å². The molecule has 0 aromatic carbocycles. The summed E-state index contributed by atoms with van der Waals surface area (Å²) in [7, 11) is 0. The second-order valence-electron chi connectivity index (χ2n) is 9.46. The molecule has 0 spiro atoms. The van der Waals surface area contributed by atoms with E-state index in [9.17, 15) is 9.59 Å². The van der Waals surface area contributed by atoms with Crippen molar-refractivity contribution in [3.05, 3.63) is 34.4 Å². The van der Waals surface area contributed by atoms with Crippen molar-refractivity contribution in [3.8, 4) is 11.3 Å². The van der Waals surface area contributed by atoms with Crippen LogP contribution >= 0.6 is 11.3 Å². The van der Waals surface area contributed by atoms with Crippen molar-refractivity contribution in [3.63, 3.8) is 0 Å². The Morgan fingerprint density at radius 1 is 1.31 bits per heavy atom. The topological polar surface area (TPSA) is 84.4 Å². The van der Waals surface area contributed by atoms with E-state index < -0.39 is 0 Å². The fraction of sp³-hybridized carbons (Fsp3) is 0.583. The number of amides is 2. The maximum absolute atomic E-state index is 13.1. The van der Waals surface area contributed by atoms with E-state index in [1.807, 2.05) is 56.3 Å². The molecule has 0 aliphatic carbocycles. The van der Waals surface area contributed by atoms with Crippen LogP contribution in [0.5, 0.6) is 0 Å². The van der Waals surface area contributed by atoms with E-state index in [0.717, 1.165) is 47.6 Å². The molecule has 2 aliphatic rings. The highest BCUT2D eigenvalue weighted by atomic mass is 32.1. The van der Waals surface area contributed by atoms with Crippen molar-refractivity contribution in [2.45, 2.75) is 77.7 Å². The zero-order valence-corrected chi connectivity index (χ0v) is 20.1. The van der Waals surface area contributed by atoms with Crippen LogP contribution in [0.1, 0.15) is 57.2 Å². The maximum Gasteiger partial charge on any atom is 0.251 e. The molecule has 0 radical (unpaired) electrons. The lowest BCUT2D eigenvalue weighted by atomic mass is 9.89. The van der Waals surface area contributed by atoms with Gasteiger partial charge >= 0.3 is 0 Å². The Bertz CT molecular complexity index is 972. The number of carbonyl (C=O) groups excluding carboxylic acids is 2. The molecular formula is C24H32N4O3S. The van der Waals surface area contributed by atoms with Crippen LogP contribution < -0.4 is 5.32 Å². The molecule has 2 aromatic heterocycles. The number of nitrogens with zero attached hydrogens (tertiary/aromatic N) is 3. The summed E-state index contributed by atoms with van der Waals surface area (Å²) < 4.78 is 5.96. The van der Waals surface area contributed by atoms with E-state index in [1.165, 1.54) is 11.3 Å². The largest absolute Gasteiger partial charge is 0.363 e. The Morgan fingerprint density at radius 2 is 2.12 bits per heavy atom. The summed E-state index contributed by atoms with van der Waals surface area (Å²) in [4.78, 5) is 36.8. The Hall–Kier alpha value is -2.32. The monoisotopic (exact) mass is 456 g/mol. The van der Waals surface area contributed by atoms with Crippen LogP contribution in [0.25, 0.3) is 11.3 Å². The highest BCUT2D eigenvalue weighted by Gasteiger charge is 2.42. The van der Waals surface area contributed by atoms with E-state index in [1.54, 1.807) is 0 Å². The van der Waals surface area contributed by atoms with E-state index in [4.69, 9.17) is 4.74 Å². The molecule has 4 rings (SSSR count). The van der Waals surface area contributed by atoms with Crippen molar-refractivity contribution in [1.82, 2.24) is 20.2 Å². The molecule has 32 heavy (non-hydrogen) atoms. The summed E-state index contributed by atoms with van der Waals surface area (Å²) in [6.45, 7) is 9.05. The summed E-state index contributed by atoms with van der Waals surface area (Å²) in [5.41, 5.74) is 2.55. The predicted molar refractivity (Wildman–Crippen MR) is 124 cm³/mol. The number of aromatic nitrogens is 2. The maximum atomic E-state index is 13.1. The number of likely N-dealkylation sites (tertiary alicyclic amines) is 1. The Morgan fingerprint density at radius 3 is 2.81 bits per heavy atom. The second kappa shape index (κ2) is 9.27. The smallest absolute Gasteiger partial charge is 0.251 e. The summed E-state index contributed by atoms with van der Waals surface area (Å²) in [5.74, 6) is -0.212. The van der Waals surface area contributed by atoms with Crippen LogP contribution in [0.2, 0.25) is 0 Å². The number of piperidine rings is 1. The minimum absolute atomic E-state index is 0.0172. The fourth-order valence-electron chi connectivity index (χ4n) is 4.58. The summed E-state index contributed by atoms with van der Waals surface area (Å²) in [6, 6.07) is 3.82. The highest BCUT2D eigenvalue weighted by Crippen LogP contribution is 2.33. The summed E-state index contributed by atoms with van der Waals surface area (Å²) in [5, 5.41) is 5.88. The van der Waals surface area contributed by atoms with Crippen LogP contribution in [-0.2, 0) is 20.9 Å². The quantitative estimate of drug-likeness (QED) is 0.741. The van der Waals surface area contributed by atoms with Gasteiger partial charge in [-0.1, -0.05) is 0 Å². The average Bonchev–Trinajstić information content (AvgIpc) is 3.38. The van der Waals surface area contributed by atoms with Crippen molar-refractivity contribution in [2.24, 2.45) is 5.92 Å². The van der Waals surface area contributed by atoms with Gasteiger partial charge in [0.1, 0.15) is 11.1 Å². The minimum Gasteiger partial charge on any atom is -0.363 e. The number of pyridine rings is 1. The van der Waals surface area contributed by atoms with Crippen LogP contribution in [0, 0.1) is 12.8 Å². The third kappa shape index (κ3) is 5.02. The van der Waals surface area contributed by atoms with Crippen molar-refractivity contribution in [2.75, 3.05) is 6.54 Å². The van der Waals surface area contributed by atoms with Gasteiger partial charge in [0, 0.05) is 35.4 Å². The number of aryl methyl sites for hydroxylation is 1. The number of thiazole rings is 1. The molecule has 0 bridgehead atoms. The Labute approximate surface area is 193 Å². The number of ether oxygens (including phenoxy) is 1. The normalized spacial score (nSPS) is 25.0. The van der Waals surface area contributed by atoms with Crippen LogP contribution in [0.4, 0.5) is 0 Å². The number of carbonyl (C=O) groups is 2. The standard InChI is InChI=1S/C24H32N4O3S/c1-15-7-8-17(12-25-15)19-14-32-21(27-19)13-26-22(29)18-6-5-11-28(16(18)2)23(30)20-9-10-24(3,4)31-20/h7-8,12,14,16,18,20H,5-6,9-11,13H2,1-4H3,(H,26,29)/t16-,18-,20-/m0/s1. The fourth-order valence-corrected chi connectivity index (χ4v) is 5.33. The zero-order valence-electron chi connectivity index (χ0n) is 19.3. The molecule has 1 N–H and O–H groups in total. The molecule has 2 amide bonds. The highest BCUT2D eigenvalue weighted by molar-refractivity contribution is 7.09. The van der Waals surface area contributed by atoms with E-state index >= 15 is 0 Å². The van der Waals surface area contributed by atoms with Gasteiger partial charge in [-0.2, -0.15) is 0 Å². The summed E-state index contributed by atoms with van der Waals surface area (Å²) in [6.07, 6.45) is 4.66. The molecule has 172 valence electrons. The SMILES string of the molecule is Cc1ccc(-c2csc(CNC(=O)[C@H]3CCCN(C(=O)[C@@H]4CCC(C)(C)O4)[C@H]3C)n2)cn1. The molecule has 2 fully saturated rings. The van der Waals surface area contributed by atoms with Crippen LogP contribution in [-0.4, -0.2) is 51.0 Å². The van der Waals surface area contributed by atoms with Crippen molar-refractivity contribution < 1.29 is 14.3 Å². The van der Waals surface area contributed by atoms with Gasteiger partial charge < -0.3 is 15.0 Å². The number of rotatable bonds is 5. The lowest BCUT2D eigenvalue weighted by Crippen LogP contribution is -2.54. The zero-order chi connectivity index (χ0) is 22.9. The molecule has 7 nitrogen and oxygen atoms in total. The third-order valence-electron chi connectivity index (χ3n) is 6.53. The molecule has 4 heterocycles. The molecule has 8 heteroatoms. The van der Waals surface area contributed by atoms with Crippen LogP contribution in [0.15, 0.2) is 23.7 Å². The first-order valence-corrected chi connectivity index (χ1v) is 12.2. The molecule has 2 aromatic rings. The van der Waals surface area contributed by atoms with E-state index in [2.05, 4.69) is 15.3 Å². The number of hydrogen-bond acceptors (Lipinski definition) is 6. The minimum atomic E-state index is -0.390. The molecular weight excluding hydrogens is 424 g/mol. The van der Waals surface area contributed by atoms with Gasteiger partial charge in [0.25, 0.3) is 5.91 Å². The van der Waals surface area contributed by atoms with Gasteiger partial charge in [0.05, 0.1) is 23.8 Å². The van der Waals surface area contributed by atoms with E-state index in [-0.39, 0.29) is 35.5 Å². The second-order valence-corrected chi connectivity index (χ2v) is 10.4. The lowest BCUT2D eigenvalue weighted by molar-refractivity contribution is -0.152. The molecule has 0 saturated carbocycles. The molecule has 3 atom stereocenters. The third-order valence-corrected chi connectivity index (χ3v) is 7.37. The first-order chi connectivity index (χ1) is 15.2. The number of nitrogens with one attached hydrogen (secondary N) is 1. The van der Waals surface area contributed by atoms with E-state index in [0.29, 0.717) is 13.1 Å². The van der Waals surface area contributed by atoms with Crippen molar-refractivity contribution >= 4 is 23.2 Å². The van der Waals surface area contributed by atoms with Gasteiger partial charge in [-0.3, -0.25) is 14.6 Å². The molecule has 2 saturated heterocycles. The number of hydrogen-bond donors (Lipinski definition) is 1. The van der Waals surface area contributed by atoms with Gasteiger partial charge in [0.15, 0.2) is 0 Å². The first kappa shape index (κ1) is 22.9.